The summed E-state index contributed by atoms with van der Waals surface area (Å²) in [6.07, 6.45) is 0.260. The maximum absolute atomic E-state index is 13.4. The zero-order valence-electron chi connectivity index (χ0n) is 18.6. The second-order valence-corrected chi connectivity index (χ2v) is 9.17. The number of carbonyl (C=O) groups excluding carboxylic acids is 1. The number of carbonyl (C=O) groups is 1. The van der Waals surface area contributed by atoms with Gasteiger partial charge in [-0.05, 0) is 41.5 Å². The molecule has 2 N–H and O–H groups in total. The monoisotopic (exact) mass is 531 g/mol. The van der Waals surface area contributed by atoms with E-state index in [1.807, 2.05) is 48.5 Å². The Kier molecular flexibility index (Phi) is 5.98. The lowest BCUT2D eigenvalue weighted by atomic mass is 9.91. The first-order valence-corrected chi connectivity index (χ1v) is 11.7. The number of hydrazone groups is 1. The first-order chi connectivity index (χ1) is 16.8. The quantitative estimate of drug-likeness (QED) is 0.344. The summed E-state index contributed by atoms with van der Waals surface area (Å²) in [5.41, 5.74) is 3.46. The van der Waals surface area contributed by atoms with Gasteiger partial charge in [-0.3, -0.25) is 14.8 Å². The van der Waals surface area contributed by atoms with E-state index in [4.69, 9.17) is 0 Å². The molecule has 1 aliphatic heterocycles. The van der Waals surface area contributed by atoms with Crippen molar-refractivity contribution in [2.24, 2.45) is 5.10 Å². The molecule has 0 bridgehead atoms. The van der Waals surface area contributed by atoms with Crippen molar-refractivity contribution in [3.05, 3.63) is 104 Å². The molecule has 2 heterocycles. The van der Waals surface area contributed by atoms with E-state index >= 15 is 0 Å². The molecule has 0 fully saturated rings. The minimum atomic E-state index is -0.538. The van der Waals surface area contributed by atoms with Crippen LogP contribution in [0.15, 0.2) is 87.2 Å². The second-order valence-electron chi connectivity index (χ2n) is 8.26. The van der Waals surface area contributed by atoms with E-state index in [1.165, 1.54) is 24.1 Å². The Hall–Kier alpha value is -3.79. The standard InChI is InChI=1S/C26H20BrN4O4/c1-15(32)30-23(17-8-5-9-19(12-17)31(34)35)14-22(29-30)25-24(16-6-3-2-4-7-16)20-13-18(27)10-11-21(20)28-26(25)33/h2-13,23,34H,14H2,1H3,(H,28,33)/q-1. The van der Waals surface area contributed by atoms with Gasteiger partial charge in [-0.25, -0.2) is 5.01 Å². The van der Waals surface area contributed by atoms with Crippen LogP contribution in [-0.4, -0.2) is 26.8 Å². The Morgan fingerprint density at radius 3 is 2.60 bits per heavy atom. The van der Waals surface area contributed by atoms with Crippen LogP contribution in [0, 0.1) is 5.21 Å². The number of hydrogen-bond acceptors (Lipinski definition) is 6. The first-order valence-electron chi connectivity index (χ1n) is 10.9. The molecule has 1 aromatic heterocycles. The first kappa shape index (κ1) is 23.0. The molecule has 176 valence electrons. The van der Waals surface area contributed by atoms with E-state index in [0.717, 1.165) is 21.0 Å². The topological polar surface area (TPSA) is 112 Å². The number of amides is 1. The number of aromatic amines is 1. The van der Waals surface area contributed by atoms with Crippen LogP contribution in [0.4, 0.5) is 5.69 Å². The van der Waals surface area contributed by atoms with E-state index in [0.29, 0.717) is 22.4 Å². The van der Waals surface area contributed by atoms with Crippen LogP contribution in [0.25, 0.3) is 22.0 Å². The van der Waals surface area contributed by atoms with Crippen LogP contribution in [0.2, 0.25) is 0 Å². The predicted molar refractivity (Wildman–Crippen MR) is 138 cm³/mol. The number of hydrogen-bond donors (Lipinski definition) is 2. The van der Waals surface area contributed by atoms with Crippen molar-refractivity contribution in [1.82, 2.24) is 9.99 Å². The molecule has 1 aliphatic rings. The van der Waals surface area contributed by atoms with Gasteiger partial charge < -0.3 is 15.4 Å². The number of H-pyrrole nitrogens is 1. The molecule has 1 atom stereocenters. The van der Waals surface area contributed by atoms with Crippen LogP contribution in [0.3, 0.4) is 0 Å². The van der Waals surface area contributed by atoms with Gasteiger partial charge in [0.2, 0.25) is 5.91 Å². The molecule has 0 saturated carbocycles. The number of benzene rings is 3. The maximum atomic E-state index is 13.4. The molecule has 0 radical (unpaired) electrons. The highest BCUT2D eigenvalue weighted by molar-refractivity contribution is 9.10. The van der Waals surface area contributed by atoms with Crippen molar-refractivity contribution in [3.63, 3.8) is 0 Å². The molecule has 1 amide bonds. The van der Waals surface area contributed by atoms with Gasteiger partial charge in [0.1, 0.15) is 0 Å². The smallest absolute Gasteiger partial charge is 0.258 e. The highest BCUT2D eigenvalue weighted by Crippen LogP contribution is 2.38. The van der Waals surface area contributed by atoms with Crippen molar-refractivity contribution in [2.75, 3.05) is 5.23 Å². The molecule has 0 aliphatic carbocycles. The van der Waals surface area contributed by atoms with Crippen molar-refractivity contribution >= 4 is 44.1 Å². The van der Waals surface area contributed by atoms with Crippen LogP contribution in [-0.2, 0) is 4.79 Å². The molecule has 1 unspecified atom stereocenters. The Bertz CT molecular complexity index is 1530. The Morgan fingerprint density at radius 2 is 1.89 bits per heavy atom. The zero-order chi connectivity index (χ0) is 24.7. The molecular formula is C26H20BrN4O4-. The van der Waals surface area contributed by atoms with Crippen LogP contribution in [0.5, 0.6) is 0 Å². The maximum Gasteiger partial charge on any atom is 0.258 e. The lowest BCUT2D eigenvalue weighted by Gasteiger charge is -2.25. The minimum Gasteiger partial charge on any atom is -0.733 e. The Labute approximate surface area is 208 Å². The third kappa shape index (κ3) is 4.25. The van der Waals surface area contributed by atoms with E-state index in [1.54, 1.807) is 12.1 Å². The summed E-state index contributed by atoms with van der Waals surface area (Å²) < 4.78 is 0.861. The molecular weight excluding hydrogens is 512 g/mol. The average Bonchev–Trinajstić information content (AvgIpc) is 3.29. The van der Waals surface area contributed by atoms with Crippen molar-refractivity contribution in [1.29, 1.82) is 0 Å². The van der Waals surface area contributed by atoms with Crippen molar-refractivity contribution < 1.29 is 10.0 Å². The summed E-state index contributed by atoms with van der Waals surface area (Å²) in [5.74, 6) is -0.306. The van der Waals surface area contributed by atoms with Crippen molar-refractivity contribution in [3.8, 4) is 11.1 Å². The molecule has 4 aromatic rings. The molecule has 35 heavy (non-hydrogen) atoms. The number of rotatable bonds is 4. The molecule has 0 saturated heterocycles. The van der Waals surface area contributed by atoms with Gasteiger partial charge in [-0.1, -0.05) is 58.4 Å². The molecule has 3 aromatic carbocycles. The van der Waals surface area contributed by atoms with Gasteiger partial charge in [-0.2, -0.15) is 5.10 Å². The van der Waals surface area contributed by atoms with Gasteiger partial charge in [-0.15, -0.1) is 0 Å². The molecule has 9 heteroatoms. The summed E-state index contributed by atoms with van der Waals surface area (Å²) in [5, 5.41) is 27.3. The number of anilines is 1. The number of nitrogens with one attached hydrogen (secondary N) is 1. The molecule has 8 nitrogen and oxygen atoms in total. The fourth-order valence-electron chi connectivity index (χ4n) is 4.51. The average molecular weight is 532 g/mol. The number of pyridine rings is 1. The third-order valence-electron chi connectivity index (χ3n) is 6.04. The summed E-state index contributed by atoms with van der Waals surface area (Å²) in [6, 6.07) is 21.0. The predicted octanol–water partition coefficient (Wildman–Crippen LogP) is 5.35. The number of halogens is 1. The number of aromatic nitrogens is 1. The highest BCUT2D eigenvalue weighted by atomic mass is 79.9. The SMILES string of the molecule is CC(=O)N1N=C(c2c(-c3ccccc3)c3cc(Br)ccc3[nH]c2=O)CC1c1cccc(N([O-])O)c1. The summed E-state index contributed by atoms with van der Waals surface area (Å²) >= 11 is 3.53. The van der Waals surface area contributed by atoms with Gasteiger partial charge >= 0.3 is 0 Å². The Morgan fingerprint density at radius 1 is 1.11 bits per heavy atom. The van der Waals surface area contributed by atoms with Crippen LogP contribution in [0.1, 0.15) is 30.5 Å². The van der Waals surface area contributed by atoms with E-state index < -0.39 is 6.04 Å². The van der Waals surface area contributed by atoms with Crippen LogP contribution >= 0.6 is 15.9 Å². The van der Waals surface area contributed by atoms with Gasteiger partial charge in [0.25, 0.3) is 5.56 Å². The summed E-state index contributed by atoms with van der Waals surface area (Å²) in [4.78, 5) is 28.9. The van der Waals surface area contributed by atoms with Crippen molar-refractivity contribution in [2.45, 2.75) is 19.4 Å². The fraction of sp³-hybridized carbons (Fsp3) is 0.115. The van der Waals surface area contributed by atoms with Gasteiger partial charge in [0.15, 0.2) is 0 Å². The van der Waals surface area contributed by atoms with E-state index in [2.05, 4.69) is 26.0 Å². The largest absolute Gasteiger partial charge is 0.733 e. The lowest BCUT2D eigenvalue weighted by molar-refractivity contribution is -0.130. The van der Waals surface area contributed by atoms with Gasteiger partial charge in [0.05, 0.1) is 23.0 Å². The second kappa shape index (κ2) is 9.10. The number of fused-ring (bicyclic) bond motifs is 1. The fourth-order valence-corrected chi connectivity index (χ4v) is 4.87. The molecule has 5 rings (SSSR count). The Balaban J connectivity index is 1.71. The number of nitrogens with zero attached hydrogens (tertiary/aromatic N) is 3. The lowest BCUT2D eigenvalue weighted by Crippen LogP contribution is -2.24. The zero-order valence-corrected chi connectivity index (χ0v) is 20.2. The van der Waals surface area contributed by atoms with E-state index in [9.17, 15) is 20.0 Å². The normalized spacial score (nSPS) is 15.4. The summed E-state index contributed by atoms with van der Waals surface area (Å²) in [6.45, 7) is 1.40. The minimum absolute atomic E-state index is 0.0397. The van der Waals surface area contributed by atoms with Crippen LogP contribution < -0.4 is 10.8 Å². The van der Waals surface area contributed by atoms with E-state index in [-0.39, 0.29) is 28.8 Å². The molecule has 0 spiro atoms. The summed E-state index contributed by atoms with van der Waals surface area (Å²) in [7, 11) is 0. The third-order valence-corrected chi connectivity index (χ3v) is 6.53. The highest BCUT2D eigenvalue weighted by Gasteiger charge is 2.34. The van der Waals surface area contributed by atoms with Gasteiger partial charge in [0, 0.05) is 34.3 Å².